The predicted octanol–water partition coefficient (Wildman–Crippen LogP) is 8.57. The van der Waals surface area contributed by atoms with Crippen LogP contribution in [0.2, 0.25) is 5.02 Å². The lowest BCUT2D eigenvalue weighted by molar-refractivity contribution is 0.0509. The van der Waals surface area contributed by atoms with E-state index in [9.17, 15) is 14.4 Å². The molecule has 0 bridgehead atoms. The maximum absolute atomic E-state index is 12.1. The molecule has 3 saturated heterocycles. The average molecular weight is 903 g/mol. The number of piperidine rings is 3. The molecule has 0 atom stereocenters. The van der Waals surface area contributed by atoms with Crippen molar-refractivity contribution in [2.75, 3.05) is 75.4 Å². The van der Waals surface area contributed by atoms with E-state index >= 15 is 0 Å². The lowest BCUT2D eigenvalue weighted by Gasteiger charge is -2.32. The quantitative estimate of drug-likeness (QED) is 0.165. The van der Waals surface area contributed by atoms with Gasteiger partial charge in [0.1, 0.15) is 5.69 Å². The van der Waals surface area contributed by atoms with Crippen molar-refractivity contribution in [1.29, 1.82) is 0 Å². The van der Waals surface area contributed by atoms with Crippen LogP contribution in [0.3, 0.4) is 0 Å². The van der Waals surface area contributed by atoms with E-state index in [1.165, 1.54) is 106 Å². The van der Waals surface area contributed by atoms with E-state index in [0.29, 0.717) is 41.9 Å². The summed E-state index contributed by atoms with van der Waals surface area (Å²) < 4.78 is 15.2. The van der Waals surface area contributed by atoms with Gasteiger partial charge in [0, 0.05) is 60.5 Å². The summed E-state index contributed by atoms with van der Waals surface area (Å²) in [5.74, 6) is -0.994. The Morgan fingerprint density at radius 1 is 0.500 bits per heavy atom. The summed E-state index contributed by atoms with van der Waals surface area (Å²) in [6.07, 6.45) is 21.4. The van der Waals surface area contributed by atoms with Crippen molar-refractivity contribution in [1.82, 2.24) is 25.6 Å². The van der Waals surface area contributed by atoms with Gasteiger partial charge in [0.2, 0.25) is 0 Å². The van der Waals surface area contributed by atoms with Crippen LogP contribution in [-0.2, 0) is 52.9 Å². The lowest BCUT2D eigenvalue weighted by Crippen LogP contribution is -2.34. The van der Waals surface area contributed by atoms with E-state index in [1.807, 2.05) is 26.0 Å². The van der Waals surface area contributed by atoms with Gasteiger partial charge in [-0.05, 0) is 184 Å². The first kappa shape index (κ1) is 49.1. The highest BCUT2D eigenvalue weighted by atomic mass is 35.5. The highest BCUT2D eigenvalue weighted by Crippen LogP contribution is 2.33. The molecule has 6 aliphatic rings. The zero-order valence-corrected chi connectivity index (χ0v) is 39.6. The highest BCUT2D eigenvalue weighted by molar-refractivity contribution is 6.31. The average Bonchev–Trinajstić information content (AvgIpc) is 3.35. The van der Waals surface area contributed by atoms with E-state index in [0.717, 1.165) is 107 Å². The number of pyridine rings is 3. The third-order valence-corrected chi connectivity index (χ3v) is 12.9. The Labute approximate surface area is 386 Å². The van der Waals surface area contributed by atoms with Crippen LogP contribution in [0.25, 0.3) is 0 Å². The molecule has 64 heavy (non-hydrogen) atoms. The second-order valence-electron chi connectivity index (χ2n) is 17.2. The van der Waals surface area contributed by atoms with Crippen LogP contribution in [0.1, 0.15) is 169 Å². The Morgan fingerprint density at radius 3 is 1.39 bits per heavy atom. The van der Waals surface area contributed by atoms with Crippen LogP contribution >= 0.6 is 11.6 Å². The van der Waals surface area contributed by atoms with Gasteiger partial charge in [-0.3, -0.25) is 0 Å². The van der Waals surface area contributed by atoms with Crippen LogP contribution in [0.15, 0.2) is 18.2 Å². The van der Waals surface area contributed by atoms with Crippen molar-refractivity contribution < 1.29 is 28.6 Å². The molecule has 13 nitrogen and oxygen atoms in total. The minimum Gasteiger partial charge on any atom is -0.461 e. The summed E-state index contributed by atoms with van der Waals surface area (Å²) in [6, 6.07) is 5.52. The molecule has 7 heterocycles. The van der Waals surface area contributed by atoms with Gasteiger partial charge in [0.05, 0.1) is 25.5 Å². The van der Waals surface area contributed by atoms with Gasteiger partial charge in [0.25, 0.3) is 0 Å². The Kier molecular flexibility index (Phi) is 19.9. The Morgan fingerprint density at radius 2 is 0.922 bits per heavy atom. The maximum Gasteiger partial charge on any atom is 0.356 e. The SMILES string of the molecule is C1CCNCC1.CCOC(=O)c1cc(Cl)c2c(n1)CCCC2.CCOC(=O)c1cc(N2CCCCC2)c2c(n1)CCCC2.CCOC(=O)c1cc(N2CCCCC2)c2c(n1)CNCC2. The van der Waals surface area contributed by atoms with Crippen LogP contribution in [0, 0.1) is 0 Å². The Bertz CT molecular complexity index is 1890. The van der Waals surface area contributed by atoms with Crippen LogP contribution < -0.4 is 20.4 Å². The molecule has 2 aliphatic carbocycles. The number of nitrogens with one attached hydrogen (secondary N) is 2. The van der Waals surface area contributed by atoms with E-state index in [-0.39, 0.29) is 11.9 Å². The van der Waals surface area contributed by atoms with E-state index < -0.39 is 5.97 Å². The first-order valence-corrected chi connectivity index (χ1v) is 24.9. The number of carbonyl (C=O) groups is 3. The van der Waals surface area contributed by atoms with Gasteiger partial charge in [-0.15, -0.1) is 0 Å². The molecule has 4 aliphatic heterocycles. The molecule has 0 saturated carbocycles. The third kappa shape index (κ3) is 13.8. The van der Waals surface area contributed by atoms with Crippen LogP contribution in [0.4, 0.5) is 11.4 Å². The lowest BCUT2D eigenvalue weighted by atomic mass is 9.93. The van der Waals surface area contributed by atoms with Gasteiger partial charge in [-0.1, -0.05) is 18.0 Å². The minimum atomic E-state index is -0.391. The number of fused-ring (bicyclic) bond motifs is 3. The second-order valence-corrected chi connectivity index (χ2v) is 17.6. The van der Waals surface area contributed by atoms with E-state index in [1.54, 1.807) is 13.0 Å². The fourth-order valence-corrected chi connectivity index (χ4v) is 9.66. The molecular weight excluding hydrogens is 830 g/mol. The van der Waals surface area contributed by atoms with Gasteiger partial charge in [0.15, 0.2) is 11.4 Å². The third-order valence-electron chi connectivity index (χ3n) is 12.6. The highest BCUT2D eigenvalue weighted by Gasteiger charge is 2.26. The maximum atomic E-state index is 12.1. The fourth-order valence-electron chi connectivity index (χ4n) is 9.35. The predicted molar refractivity (Wildman–Crippen MR) is 253 cm³/mol. The van der Waals surface area contributed by atoms with Gasteiger partial charge >= 0.3 is 17.9 Å². The van der Waals surface area contributed by atoms with Gasteiger partial charge in [-0.25, -0.2) is 29.3 Å². The van der Waals surface area contributed by atoms with Crippen LogP contribution in [0.5, 0.6) is 0 Å². The number of halogens is 1. The summed E-state index contributed by atoms with van der Waals surface area (Å²) in [5.41, 5.74) is 10.6. The topological polar surface area (TPSA) is 148 Å². The van der Waals surface area contributed by atoms with E-state index in [2.05, 4.69) is 35.4 Å². The standard InChI is InChI=1S/C17H24N2O2.C16H23N3O2.C12H14ClNO2.C5H11N/c1-2-21-17(20)15-12-16(19-10-6-3-7-11-19)13-8-4-5-9-14(13)18-15;1-2-21-16(20)13-10-15(19-8-4-3-5-9-19)12-6-7-17-11-14(12)18-13;1-2-16-12(15)11-7-9(13)8-5-3-4-6-10(8)14-11;1-2-4-6-5-3-1/h12H,2-11H2,1H3;10,17H,2-9,11H2,1H3;7H,2-6H2,1H3;6H,1-5H2. The number of aromatic nitrogens is 3. The zero-order valence-electron chi connectivity index (χ0n) is 38.8. The Balaban J connectivity index is 0.000000151. The number of hydrogen-bond donors (Lipinski definition) is 2. The number of carbonyl (C=O) groups excluding carboxylic acids is 3. The van der Waals surface area contributed by atoms with Crippen molar-refractivity contribution in [3.63, 3.8) is 0 Å². The summed E-state index contributed by atoms with van der Waals surface area (Å²) in [5, 5.41) is 7.27. The van der Waals surface area contributed by atoms with Crippen molar-refractivity contribution >= 4 is 40.9 Å². The summed E-state index contributed by atoms with van der Waals surface area (Å²) in [4.78, 5) is 53.9. The van der Waals surface area contributed by atoms with Gasteiger partial charge < -0.3 is 34.6 Å². The molecule has 3 aromatic rings. The molecule has 0 amide bonds. The first-order valence-electron chi connectivity index (χ1n) is 24.5. The molecule has 14 heteroatoms. The number of anilines is 2. The normalized spacial score (nSPS) is 17.8. The number of hydrogen-bond acceptors (Lipinski definition) is 13. The molecule has 3 fully saturated rings. The molecule has 2 N–H and O–H groups in total. The molecule has 0 spiro atoms. The van der Waals surface area contributed by atoms with Gasteiger partial charge in [-0.2, -0.15) is 0 Å². The van der Waals surface area contributed by atoms with Crippen molar-refractivity contribution in [2.45, 2.75) is 143 Å². The van der Waals surface area contributed by atoms with Crippen LogP contribution in [-0.4, -0.2) is 98.5 Å². The smallest absolute Gasteiger partial charge is 0.356 e. The summed E-state index contributed by atoms with van der Waals surface area (Å²) in [6.45, 7) is 15.1. The number of ether oxygens (including phenoxy) is 3. The first-order chi connectivity index (χ1) is 31.3. The molecule has 9 rings (SSSR count). The summed E-state index contributed by atoms with van der Waals surface area (Å²) >= 11 is 6.14. The number of rotatable bonds is 8. The second kappa shape index (κ2) is 26.0. The number of nitrogens with zero attached hydrogens (tertiary/aromatic N) is 5. The summed E-state index contributed by atoms with van der Waals surface area (Å²) in [7, 11) is 0. The Hall–Kier alpha value is -4.33. The largest absolute Gasteiger partial charge is 0.461 e. The van der Waals surface area contributed by atoms with E-state index in [4.69, 9.17) is 25.8 Å². The molecule has 350 valence electrons. The number of esters is 3. The molecule has 0 aromatic carbocycles. The molecular formula is C50H72ClN7O6. The zero-order chi connectivity index (χ0) is 45.1. The van der Waals surface area contributed by atoms with Crippen molar-refractivity contribution in [3.8, 4) is 0 Å². The van der Waals surface area contributed by atoms with Crippen molar-refractivity contribution in [2.24, 2.45) is 0 Å². The molecule has 0 unspecified atom stereocenters. The molecule has 0 radical (unpaired) electrons. The number of aryl methyl sites for hydroxylation is 2. The van der Waals surface area contributed by atoms with Crippen molar-refractivity contribution in [3.05, 3.63) is 74.1 Å². The minimum absolute atomic E-state index is 0.288. The molecule has 3 aromatic heterocycles. The monoisotopic (exact) mass is 902 g/mol. The fraction of sp³-hybridized carbons (Fsp3) is 0.640.